The second-order valence-corrected chi connectivity index (χ2v) is 9.86. The number of benzene rings is 1. The van der Waals surface area contributed by atoms with Crippen LogP contribution in [0.1, 0.15) is 49.4 Å². The fourth-order valence-electron chi connectivity index (χ4n) is 4.26. The maximum Gasteiger partial charge on any atom is 0.410 e. The maximum absolute atomic E-state index is 12.9. The van der Waals surface area contributed by atoms with Crippen LogP contribution in [0.2, 0.25) is 0 Å². The normalized spacial score (nSPS) is 15.1. The van der Waals surface area contributed by atoms with E-state index in [0.717, 1.165) is 17.3 Å². The second kappa shape index (κ2) is 10.9. The Labute approximate surface area is 216 Å². The van der Waals surface area contributed by atoms with Crippen LogP contribution in [0.5, 0.6) is 0 Å². The van der Waals surface area contributed by atoms with Gasteiger partial charge in [0.2, 0.25) is 5.95 Å². The number of Topliss-reactive ketones (excluding diaryl/α,β-unsaturated/α-hetero) is 1. The summed E-state index contributed by atoms with van der Waals surface area (Å²) in [4.78, 5) is 34.1. The molecule has 1 amide bonds. The molecule has 1 fully saturated rings. The van der Waals surface area contributed by atoms with Crippen LogP contribution in [0.4, 0.5) is 16.4 Å². The van der Waals surface area contributed by atoms with Crippen LogP contribution < -0.4 is 10.4 Å². The molecule has 1 aromatic carbocycles. The van der Waals surface area contributed by atoms with Crippen molar-refractivity contribution in [2.45, 2.75) is 46.4 Å². The van der Waals surface area contributed by atoms with Crippen LogP contribution >= 0.6 is 0 Å². The first-order valence-electron chi connectivity index (χ1n) is 12.2. The molecule has 2 N–H and O–H groups in total. The largest absolute Gasteiger partial charge is 0.444 e. The van der Waals surface area contributed by atoms with Gasteiger partial charge in [-0.05, 0) is 39.8 Å². The van der Waals surface area contributed by atoms with Crippen LogP contribution in [-0.2, 0) is 17.8 Å². The molecule has 11 heteroatoms. The number of amides is 1. The lowest BCUT2D eigenvalue weighted by Gasteiger charge is -2.36. The van der Waals surface area contributed by atoms with Crippen molar-refractivity contribution in [1.82, 2.24) is 19.5 Å². The van der Waals surface area contributed by atoms with Crippen molar-refractivity contribution < 1.29 is 19.5 Å². The molecule has 0 radical (unpaired) electrons. The molecule has 3 heterocycles. The molecular weight excluding hydrogens is 474 g/mol. The van der Waals surface area contributed by atoms with Crippen LogP contribution in [0.25, 0.3) is 0 Å². The van der Waals surface area contributed by atoms with Crippen LogP contribution in [0, 0.1) is 11.8 Å². The Morgan fingerprint density at radius 1 is 1.16 bits per heavy atom. The summed E-state index contributed by atoms with van der Waals surface area (Å²) in [6, 6.07) is 6.79. The van der Waals surface area contributed by atoms with Gasteiger partial charge < -0.3 is 19.1 Å². The highest BCUT2D eigenvalue weighted by Gasteiger charge is 2.30. The number of fused-ring (bicyclic) bond motifs is 1. The van der Waals surface area contributed by atoms with Crippen molar-refractivity contribution in [2.24, 2.45) is 5.10 Å². The fourth-order valence-corrected chi connectivity index (χ4v) is 4.26. The second-order valence-electron chi connectivity index (χ2n) is 9.86. The first-order valence-corrected chi connectivity index (χ1v) is 12.2. The molecule has 0 saturated carbocycles. The Balaban J connectivity index is 1.49. The Kier molecular flexibility index (Phi) is 7.69. The number of nitrogens with one attached hydrogen (secondary N) is 1. The quantitative estimate of drug-likeness (QED) is 0.348. The molecule has 2 aromatic rings. The number of imidazole rings is 1. The van der Waals surface area contributed by atoms with Gasteiger partial charge in [-0.3, -0.25) is 20.5 Å². The number of ether oxygens (including phenoxy) is 1. The number of piperazine rings is 1. The summed E-state index contributed by atoms with van der Waals surface area (Å²) in [7, 11) is 0. The van der Waals surface area contributed by atoms with Gasteiger partial charge in [-0.25, -0.2) is 9.78 Å². The smallest absolute Gasteiger partial charge is 0.410 e. The third-order valence-corrected chi connectivity index (χ3v) is 6.06. The zero-order chi connectivity index (χ0) is 26.6. The molecule has 1 saturated heterocycles. The zero-order valence-corrected chi connectivity index (χ0v) is 21.7. The summed E-state index contributed by atoms with van der Waals surface area (Å²) in [5, 5.41) is 15.5. The van der Waals surface area contributed by atoms with Gasteiger partial charge in [0.05, 0.1) is 37.2 Å². The predicted octanol–water partition coefficient (Wildman–Crippen LogP) is 2.80. The highest BCUT2D eigenvalue weighted by atomic mass is 16.6. The SMILES string of the molecule is CC#CCn1c(N2CCN(C(=O)OC(C)(C)C)CC2)nc2c1CN(CC(=O)c1ccccc1NO)N=C2. The van der Waals surface area contributed by atoms with E-state index in [1.807, 2.05) is 20.8 Å². The molecule has 1 aromatic heterocycles. The summed E-state index contributed by atoms with van der Waals surface area (Å²) in [5.74, 6) is 6.67. The number of aromatic nitrogens is 2. The van der Waals surface area contributed by atoms with Crippen molar-refractivity contribution in [1.29, 1.82) is 0 Å². The number of para-hydroxylation sites is 1. The lowest BCUT2D eigenvalue weighted by atomic mass is 10.1. The molecule has 2 aliphatic heterocycles. The molecule has 4 rings (SSSR count). The van der Waals surface area contributed by atoms with E-state index in [0.29, 0.717) is 50.5 Å². The lowest BCUT2D eigenvalue weighted by molar-refractivity contribution is 0.0239. The summed E-state index contributed by atoms with van der Waals surface area (Å²) < 4.78 is 7.57. The van der Waals surface area contributed by atoms with Gasteiger partial charge in [-0.2, -0.15) is 5.10 Å². The van der Waals surface area contributed by atoms with Crippen molar-refractivity contribution in [3.05, 3.63) is 41.2 Å². The zero-order valence-electron chi connectivity index (χ0n) is 21.7. The molecule has 2 aliphatic rings. The first-order chi connectivity index (χ1) is 17.7. The van der Waals surface area contributed by atoms with Gasteiger partial charge >= 0.3 is 6.09 Å². The van der Waals surface area contributed by atoms with E-state index in [1.54, 1.807) is 47.3 Å². The Hall–Kier alpha value is -4.04. The average Bonchev–Trinajstić information content (AvgIpc) is 3.24. The average molecular weight is 508 g/mol. The molecule has 11 nitrogen and oxygen atoms in total. The molecule has 0 aliphatic carbocycles. The van der Waals surface area contributed by atoms with Gasteiger partial charge in [-0.15, -0.1) is 5.92 Å². The summed E-state index contributed by atoms with van der Waals surface area (Å²) in [5.41, 5.74) is 3.94. The summed E-state index contributed by atoms with van der Waals surface area (Å²) in [6.45, 7) is 10.5. The number of anilines is 2. The van der Waals surface area contributed by atoms with E-state index in [-0.39, 0.29) is 18.4 Å². The third-order valence-electron chi connectivity index (χ3n) is 6.06. The van der Waals surface area contributed by atoms with E-state index in [2.05, 4.69) is 31.9 Å². The number of ketones is 1. The van der Waals surface area contributed by atoms with E-state index >= 15 is 0 Å². The van der Waals surface area contributed by atoms with Crippen LogP contribution in [0.15, 0.2) is 29.4 Å². The first kappa shape index (κ1) is 26.0. The van der Waals surface area contributed by atoms with Gasteiger partial charge in [0.25, 0.3) is 0 Å². The highest BCUT2D eigenvalue weighted by molar-refractivity contribution is 6.02. The highest BCUT2D eigenvalue weighted by Crippen LogP contribution is 2.25. The molecule has 37 heavy (non-hydrogen) atoms. The lowest BCUT2D eigenvalue weighted by Crippen LogP contribution is -2.50. The number of carbonyl (C=O) groups is 2. The number of nitrogens with zero attached hydrogens (tertiary/aromatic N) is 6. The van der Waals surface area contributed by atoms with Gasteiger partial charge in [0.1, 0.15) is 11.3 Å². The minimum Gasteiger partial charge on any atom is -0.444 e. The minimum atomic E-state index is -0.536. The minimum absolute atomic E-state index is 0.0448. The molecule has 0 unspecified atom stereocenters. The number of carbonyl (C=O) groups excluding carboxylic acids is 2. The number of hydrogen-bond donors (Lipinski definition) is 2. The molecule has 0 atom stereocenters. The Morgan fingerprint density at radius 2 is 1.89 bits per heavy atom. The molecular formula is C26H33N7O4. The van der Waals surface area contributed by atoms with Gasteiger partial charge in [0.15, 0.2) is 5.78 Å². The third kappa shape index (κ3) is 6.03. The molecule has 0 bridgehead atoms. The van der Waals surface area contributed by atoms with E-state index < -0.39 is 5.60 Å². The van der Waals surface area contributed by atoms with Crippen molar-refractivity contribution in [2.75, 3.05) is 43.1 Å². The molecule has 0 spiro atoms. The van der Waals surface area contributed by atoms with Crippen LogP contribution in [0.3, 0.4) is 0 Å². The van der Waals surface area contributed by atoms with E-state index in [4.69, 9.17) is 9.72 Å². The Morgan fingerprint density at radius 3 is 2.57 bits per heavy atom. The maximum atomic E-state index is 12.9. The predicted molar refractivity (Wildman–Crippen MR) is 140 cm³/mol. The van der Waals surface area contributed by atoms with Crippen molar-refractivity contribution >= 4 is 29.7 Å². The van der Waals surface area contributed by atoms with Crippen LogP contribution in [-0.4, -0.2) is 81.1 Å². The number of hydrazone groups is 1. The van der Waals surface area contributed by atoms with Gasteiger partial charge in [-0.1, -0.05) is 18.1 Å². The fraction of sp³-hybridized carbons (Fsp3) is 0.462. The Bertz CT molecular complexity index is 1240. The summed E-state index contributed by atoms with van der Waals surface area (Å²) >= 11 is 0. The number of hydrogen-bond acceptors (Lipinski definition) is 9. The summed E-state index contributed by atoms with van der Waals surface area (Å²) in [6.07, 6.45) is 1.36. The number of rotatable bonds is 6. The van der Waals surface area contributed by atoms with E-state index in [1.165, 1.54) is 0 Å². The van der Waals surface area contributed by atoms with Gasteiger partial charge in [0, 0.05) is 31.7 Å². The van der Waals surface area contributed by atoms with Crippen molar-refractivity contribution in [3.8, 4) is 11.8 Å². The topological polar surface area (TPSA) is 116 Å². The van der Waals surface area contributed by atoms with Crippen molar-refractivity contribution in [3.63, 3.8) is 0 Å². The molecule has 196 valence electrons. The standard InChI is InChI=1S/C26H33N7O4/c1-5-6-11-33-22-17-32(18-23(34)19-9-7-8-10-20(19)29-36)27-16-21(22)28-24(33)30-12-14-31(15-13-30)25(35)37-26(2,3)4/h7-10,16,29,36H,11-15,17-18H2,1-4H3. The monoisotopic (exact) mass is 507 g/mol. The van der Waals surface area contributed by atoms with E-state index in [9.17, 15) is 14.8 Å².